The normalized spacial score (nSPS) is 15.1. The molecule has 3 nitrogen and oxygen atoms in total. The fourth-order valence-electron chi connectivity index (χ4n) is 2.38. The number of allylic oxidation sites excluding steroid dienone is 2. The minimum absolute atomic E-state index is 0.303. The highest BCUT2D eigenvalue weighted by molar-refractivity contribution is 7.97. The van der Waals surface area contributed by atoms with Crippen LogP contribution >= 0.6 is 24.6 Å². The molecular weight excluding hydrogens is 391 g/mol. The number of nitrogens with zero attached hydrogens (tertiary/aromatic N) is 1. The van der Waals surface area contributed by atoms with E-state index >= 15 is 0 Å². The number of alkyl halides is 3. The molecule has 2 N–H and O–H groups in total. The Hall–Kier alpha value is -1.25. The number of hydrogen-bond acceptors (Lipinski definition) is 5. The van der Waals surface area contributed by atoms with Gasteiger partial charge in [-0.2, -0.15) is 13.2 Å². The number of aliphatic imine (C=N–C) groups is 1. The van der Waals surface area contributed by atoms with E-state index in [1.807, 2.05) is 6.21 Å². The summed E-state index contributed by atoms with van der Waals surface area (Å²) >= 11 is 5.03. The van der Waals surface area contributed by atoms with E-state index in [-0.39, 0.29) is 0 Å². The predicted octanol–water partition coefficient (Wildman–Crippen LogP) is 6.41. The lowest BCUT2D eigenvalue weighted by Gasteiger charge is -2.13. The summed E-state index contributed by atoms with van der Waals surface area (Å²) in [6, 6.07) is 3.66. The van der Waals surface area contributed by atoms with E-state index in [4.69, 9.17) is 5.41 Å². The molecule has 0 aromatic heterocycles. The quantitative estimate of drug-likeness (QED) is 0.294. The lowest BCUT2D eigenvalue weighted by atomic mass is 9.97. The molecule has 150 valence electrons. The van der Waals surface area contributed by atoms with Crippen LogP contribution in [0.5, 0.6) is 0 Å². The Balaban J connectivity index is 0.000000271. The SMILES string of the molecule is CC(C)C=NC1=C(C=N)CCCC1.CNSc1cc(S)cc(C(F)(F)F)c1. The highest BCUT2D eigenvalue weighted by Crippen LogP contribution is 2.33. The molecule has 0 heterocycles. The first-order valence-electron chi connectivity index (χ1n) is 8.69. The van der Waals surface area contributed by atoms with Crippen LogP contribution in [0.1, 0.15) is 45.1 Å². The van der Waals surface area contributed by atoms with Crippen LogP contribution in [0.25, 0.3) is 0 Å². The number of thiol groups is 1. The zero-order valence-corrected chi connectivity index (χ0v) is 17.4. The number of hydrogen-bond donors (Lipinski definition) is 3. The first-order valence-corrected chi connectivity index (χ1v) is 9.95. The number of benzene rings is 1. The first kappa shape index (κ1) is 23.8. The maximum absolute atomic E-state index is 12.3. The third-order valence-electron chi connectivity index (χ3n) is 3.62. The Kier molecular flexibility index (Phi) is 10.2. The Labute approximate surface area is 169 Å². The van der Waals surface area contributed by atoms with Gasteiger partial charge >= 0.3 is 6.18 Å². The standard InChI is InChI=1S/C11H18N2.C8H8F3NS2/c1-9(2)8-13-11-6-4-3-5-10(11)7-12;1-12-14-7-3-5(8(9,10)11)2-6(13)4-7/h7-9,12H,3-6H2,1-2H3;2-4,12-13H,1H3. The first-order chi connectivity index (χ1) is 12.7. The van der Waals surface area contributed by atoms with Gasteiger partial charge in [0.25, 0.3) is 0 Å². The van der Waals surface area contributed by atoms with E-state index in [2.05, 4.69) is 36.2 Å². The Bertz CT molecular complexity index is 683. The molecule has 2 rings (SSSR count). The smallest absolute Gasteiger partial charge is 0.308 e. The van der Waals surface area contributed by atoms with E-state index < -0.39 is 11.7 Å². The van der Waals surface area contributed by atoms with Crippen LogP contribution in [0.15, 0.2) is 44.3 Å². The summed E-state index contributed by atoms with van der Waals surface area (Å²) in [5.74, 6) is 0.501. The molecule has 0 spiro atoms. The van der Waals surface area contributed by atoms with Crippen LogP contribution in [0.2, 0.25) is 0 Å². The topological polar surface area (TPSA) is 48.2 Å². The number of rotatable bonds is 5. The molecule has 0 bridgehead atoms. The van der Waals surface area contributed by atoms with Gasteiger partial charge in [-0.1, -0.05) is 13.8 Å². The molecule has 0 saturated heterocycles. The van der Waals surface area contributed by atoms with E-state index in [0.29, 0.717) is 15.7 Å². The summed E-state index contributed by atoms with van der Waals surface area (Å²) < 4.78 is 39.7. The fourth-order valence-corrected chi connectivity index (χ4v) is 3.35. The number of halogens is 3. The largest absolute Gasteiger partial charge is 0.416 e. The molecule has 0 radical (unpaired) electrons. The van der Waals surface area contributed by atoms with Gasteiger partial charge in [-0.25, -0.2) is 0 Å². The predicted molar refractivity (Wildman–Crippen MR) is 111 cm³/mol. The zero-order chi connectivity index (χ0) is 20.4. The molecule has 0 atom stereocenters. The maximum atomic E-state index is 12.3. The molecule has 27 heavy (non-hydrogen) atoms. The lowest BCUT2D eigenvalue weighted by Crippen LogP contribution is -2.05. The van der Waals surface area contributed by atoms with Crippen molar-refractivity contribution in [2.45, 2.75) is 55.5 Å². The van der Waals surface area contributed by atoms with E-state index in [1.165, 1.54) is 19.1 Å². The van der Waals surface area contributed by atoms with Crippen LogP contribution in [0, 0.1) is 11.3 Å². The van der Waals surface area contributed by atoms with Crippen molar-refractivity contribution in [2.75, 3.05) is 7.05 Å². The monoisotopic (exact) mass is 417 g/mol. The Morgan fingerprint density at radius 1 is 1.22 bits per heavy atom. The summed E-state index contributed by atoms with van der Waals surface area (Å²) in [6.45, 7) is 4.24. The van der Waals surface area contributed by atoms with Crippen molar-refractivity contribution in [1.29, 1.82) is 5.41 Å². The summed E-state index contributed by atoms with van der Waals surface area (Å²) in [7, 11) is 1.64. The van der Waals surface area contributed by atoms with E-state index in [9.17, 15) is 13.2 Å². The van der Waals surface area contributed by atoms with E-state index in [0.717, 1.165) is 48.2 Å². The maximum Gasteiger partial charge on any atom is 0.416 e. The van der Waals surface area contributed by atoms with Gasteiger partial charge in [0.1, 0.15) is 0 Å². The highest BCUT2D eigenvalue weighted by atomic mass is 32.2. The molecule has 1 aromatic carbocycles. The molecule has 1 aliphatic rings. The van der Waals surface area contributed by atoms with Crippen molar-refractivity contribution in [3.8, 4) is 0 Å². The van der Waals surface area contributed by atoms with Gasteiger partial charge in [-0.15, -0.1) is 12.6 Å². The second-order valence-electron chi connectivity index (χ2n) is 6.37. The van der Waals surface area contributed by atoms with Gasteiger partial charge in [0.05, 0.1) is 5.56 Å². The van der Waals surface area contributed by atoms with Gasteiger partial charge in [0.2, 0.25) is 0 Å². The second-order valence-corrected chi connectivity index (χ2v) is 7.97. The van der Waals surface area contributed by atoms with Gasteiger partial charge in [-0.05, 0) is 74.4 Å². The van der Waals surface area contributed by atoms with Crippen molar-refractivity contribution < 1.29 is 13.2 Å². The Morgan fingerprint density at radius 2 is 1.89 bits per heavy atom. The zero-order valence-electron chi connectivity index (χ0n) is 15.7. The van der Waals surface area contributed by atoms with Crippen LogP contribution in [0.4, 0.5) is 13.2 Å². The lowest BCUT2D eigenvalue weighted by molar-refractivity contribution is -0.137. The molecule has 8 heteroatoms. The van der Waals surface area contributed by atoms with Gasteiger partial charge < -0.3 is 5.41 Å². The molecule has 0 unspecified atom stereocenters. The van der Waals surface area contributed by atoms with Crippen LogP contribution < -0.4 is 4.72 Å². The van der Waals surface area contributed by atoms with Crippen molar-refractivity contribution in [2.24, 2.45) is 10.9 Å². The minimum atomic E-state index is -4.32. The molecule has 1 aromatic rings. The molecule has 0 amide bonds. The Morgan fingerprint density at radius 3 is 2.44 bits per heavy atom. The van der Waals surface area contributed by atoms with Gasteiger partial charge in [-0.3, -0.25) is 9.71 Å². The van der Waals surface area contributed by atoms with Crippen molar-refractivity contribution in [3.63, 3.8) is 0 Å². The van der Waals surface area contributed by atoms with Crippen molar-refractivity contribution in [3.05, 3.63) is 35.0 Å². The summed E-state index contributed by atoms with van der Waals surface area (Å²) in [5, 5.41) is 7.26. The average molecular weight is 418 g/mol. The summed E-state index contributed by atoms with van der Waals surface area (Å²) in [5.41, 5.74) is 1.58. The number of nitrogens with one attached hydrogen (secondary N) is 2. The second kappa shape index (κ2) is 11.6. The fraction of sp³-hybridized carbons (Fsp3) is 0.474. The molecular formula is C19H26F3N3S2. The van der Waals surface area contributed by atoms with E-state index in [1.54, 1.807) is 13.1 Å². The molecule has 0 fully saturated rings. The summed E-state index contributed by atoms with van der Waals surface area (Å²) in [4.78, 5) is 5.23. The van der Waals surface area contributed by atoms with Crippen LogP contribution in [-0.4, -0.2) is 19.5 Å². The van der Waals surface area contributed by atoms with Gasteiger partial charge in [0, 0.05) is 27.9 Å². The average Bonchev–Trinajstić information content (AvgIpc) is 2.60. The molecule has 0 saturated carbocycles. The van der Waals surface area contributed by atoms with Crippen molar-refractivity contribution in [1.82, 2.24) is 4.72 Å². The van der Waals surface area contributed by atoms with Crippen LogP contribution in [0.3, 0.4) is 0 Å². The summed E-state index contributed by atoms with van der Waals surface area (Å²) in [6.07, 6.45) is 3.65. The highest BCUT2D eigenvalue weighted by Gasteiger charge is 2.30. The van der Waals surface area contributed by atoms with Crippen LogP contribution in [-0.2, 0) is 6.18 Å². The van der Waals surface area contributed by atoms with Gasteiger partial charge in [0.15, 0.2) is 0 Å². The minimum Gasteiger partial charge on any atom is -0.308 e. The van der Waals surface area contributed by atoms with Crippen molar-refractivity contribution >= 4 is 37.0 Å². The third kappa shape index (κ3) is 8.99. The third-order valence-corrected chi connectivity index (χ3v) is 4.56. The molecule has 1 aliphatic carbocycles. The molecule has 0 aliphatic heterocycles.